The first-order valence-corrected chi connectivity index (χ1v) is 15.2. The molecule has 0 spiro atoms. The summed E-state index contributed by atoms with van der Waals surface area (Å²) in [6.07, 6.45) is 3.07. The van der Waals surface area contributed by atoms with E-state index >= 15 is 0 Å². The monoisotopic (exact) mass is 628 g/mol. The Morgan fingerprint density at radius 2 is 1.82 bits per heavy atom. The molecule has 1 aromatic heterocycles. The summed E-state index contributed by atoms with van der Waals surface area (Å²) in [7, 11) is 3.09. The number of hydrogen-bond donors (Lipinski definition) is 2. The second kappa shape index (κ2) is 13.8. The van der Waals surface area contributed by atoms with Gasteiger partial charge in [0, 0.05) is 67.6 Å². The van der Waals surface area contributed by atoms with E-state index in [0.29, 0.717) is 73.2 Å². The average Bonchev–Trinajstić information content (AvgIpc) is 3.48. The number of carbonyl (C=O) groups is 2. The van der Waals surface area contributed by atoms with Gasteiger partial charge in [-0.2, -0.15) is 4.98 Å². The lowest BCUT2D eigenvalue weighted by atomic mass is 10.1. The van der Waals surface area contributed by atoms with Gasteiger partial charge in [0.2, 0.25) is 11.9 Å². The highest BCUT2D eigenvalue weighted by atomic mass is 35.5. The van der Waals surface area contributed by atoms with Crippen molar-refractivity contribution in [3.63, 3.8) is 0 Å². The third kappa shape index (κ3) is 7.07. The van der Waals surface area contributed by atoms with Gasteiger partial charge in [0.25, 0.3) is 0 Å². The lowest BCUT2D eigenvalue weighted by Gasteiger charge is -2.36. The lowest BCUT2D eigenvalue weighted by molar-refractivity contribution is -0.137. The summed E-state index contributed by atoms with van der Waals surface area (Å²) in [5, 5.41) is 13.1. The zero-order chi connectivity index (χ0) is 31.4. The SMILES string of the molecule is COc1cc2nc(N3CCN(C(=O)CC4CCCN4C(C)CCC(=O)O)CC3)nc(Nc3ccc(Cl)cc3F)c2cc1OC. The summed E-state index contributed by atoms with van der Waals surface area (Å²) in [4.78, 5) is 40.1. The number of benzene rings is 2. The van der Waals surface area contributed by atoms with Gasteiger partial charge < -0.3 is 29.7 Å². The van der Waals surface area contributed by atoms with E-state index in [1.807, 2.05) is 16.7 Å². The van der Waals surface area contributed by atoms with Crippen LogP contribution in [-0.4, -0.2) is 95.8 Å². The van der Waals surface area contributed by atoms with E-state index < -0.39 is 11.8 Å². The Balaban J connectivity index is 1.31. The molecule has 2 aliphatic heterocycles. The van der Waals surface area contributed by atoms with Crippen LogP contribution in [0.2, 0.25) is 5.02 Å². The minimum absolute atomic E-state index is 0.101. The average molecular weight is 629 g/mol. The van der Waals surface area contributed by atoms with Gasteiger partial charge in [0.15, 0.2) is 11.5 Å². The normalized spacial score (nSPS) is 18.0. The van der Waals surface area contributed by atoms with Gasteiger partial charge in [-0.1, -0.05) is 11.6 Å². The fourth-order valence-corrected chi connectivity index (χ4v) is 6.20. The molecule has 0 aliphatic carbocycles. The second-order valence-electron chi connectivity index (χ2n) is 11.2. The van der Waals surface area contributed by atoms with Crippen molar-refractivity contribution in [3.05, 3.63) is 41.2 Å². The highest BCUT2D eigenvalue weighted by molar-refractivity contribution is 6.30. The summed E-state index contributed by atoms with van der Waals surface area (Å²) in [6, 6.07) is 8.13. The first kappa shape index (κ1) is 31.5. The molecule has 3 heterocycles. The van der Waals surface area contributed by atoms with Crippen LogP contribution < -0.4 is 19.7 Å². The number of rotatable bonds is 11. The summed E-state index contributed by atoms with van der Waals surface area (Å²) in [5.74, 6) is 0.615. The zero-order valence-electron chi connectivity index (χ0n) is 25.2. The van der Waals surface area contributed by atoms with Crippen LogP contribution >= 0.6 is 11.6 Å². The molecule has 2 unspecified atom stereocenters. The number of carboxylic acids is 1. The summed E-state index contributed by atoms with van der Waals surface area (Å²) >= 11 is 5.96. The number of aliphatic carboxylic acids is 1. The Labute approximate surface area is 260 Å². The number of anilines is 3. The summed E-state index contributed by atoms with van der Waals surface area (Å²) < 4.78 is 25.7. The van der Waals surface area contributed by atoms with Crippen molar-refractivity contribution in [1.82, 2.24) is 19.8 Å². The van der Waals surface area contributed by atoms with Crippen molar-refractivity contribution in [3.8, 4) is 11.5 Å². The van der Waals surface area contributed by atoms with Gasteiger partial charge in [0.05, 0.1) is 25.4 Å². The highest BCUT2D eigenvalue weighted by Crippen LogP contribution is 2.36. The molecule has 44 heavy (non-hydrogen) atoms. The predicted octanol–water partition coefficient (Wildman–Crippen LogP) is 4.94. The number of likely N-dealkylation sites (tertiary alicyclic amines) is 1. The Hall–Kier alpha value is -3.90. The number of amides is 1. The van der Waals surface area contributed by atoms with E-state index in [9.17, 15) is 14.0 Å². The molecular weight excluding hydrogens is 591 g/mol. The number of halogens is 2. The number of carboxylic acid groups (broad SMARTS) is 1. The quantitative estimate of drug-likeness (QED) is 0.302. The molecule has 0 radical (unpaired) electrons. The molecular formula is C31H38ClFN6O5. The summed E-state index contributed by atoms with van der Waals surface area (Å²) in [5.41, 5.74) is 0.796. The van der Waals surface area contributed by atoms with Crippen molar-refractivity contribution >= 4 is 51.8 Å². The third-order valence-electron chi connectivity index (χ3n) is 8.46. The predicted molar refractivity (Wildman–Crippen MR) is 167 cm³/mol. The minimum Gasteiger partial charge on any atom is -0.493 e. The van der Waals surface area contributed by atoms with Gasteiger partial charge >= 0.3 is 5.97 Å². The molecule has 2 saturated heterocycles. The van der Waals surface area contributed by atoms with E-state index in [4.69, 9.17) is 36.1 Å². The molecule has 1 amide bonds. The molecule has 11 nitrogen and oxygen atoms in total. The molecule has 3 aromatic rings. The molecule has 0 saturated carbocycles. The lowest BCUT2D eigenvalue weighted by Crippen LogP contribution is -2.50. The van der Waals surface area contributed by atoms with E-state index in [1.54, 1.807) is 31.4 Å². The smallest absolute Gasteiger partial charge is 0.303 e. The topological polar surface area (TPSA) is 120 Å². The second-order valence-corrected chi connectivity index (χ2v) is 11.7. The fourth-order valence-electron chi connectivity index (χ4n) is 6.04. The number of carbonyl (C=O) groups excluding carboxylic acids is 1. The molecule has 2 atom stereocenters. The Morgan fingerprint density at radius 1 is 1.09 bits per heavy atom. The number of piperazine rings is 1. The van der Waals surface area contributed by atoms with E-state index in [0.717, 1.165) is 19.4 Å². The Bertz CT molecular complexity index is 1520. The zero-order valence-corrected chi connectivity index (χ0v) is 25.9. The van der Waals surface area contributed by atoms with Crippen LogP contribution in [-0.2, 0) is 9.59 Å². The summed E-state index contributed by atoms with van der Waals surface area (Å²) in [6.45, 7) is 5.03. The van der Waals surface area contributed by atoms with Crippen LogP contribution in [0, 0.1) is 5.82 Å². The maximum Gasteiger partial charge on any atom is 0.303 e. The molecule has 236 valence electrons. The Kier molecular flexibility index (Phi) is 9.90. The van der Waals surface area contributed by atoms with E-state index in [1.165, 1.54) is 13.2 Å². The molecule has 0 bridgehead atoms. The van der Waals surface area contributed by atoms with Crippen molar-refractivity contribution in [2.75, 3.05) is 57.2 Å². The maximum absolute atomic E-state index is 14.7. The van der Waals surface area contributed by atoms with Crippen LogP contribution in [0.3, 0.4) is 0 Å². The van der Waals surface area contributed by atoms with Gasteiger partial charge in [-0.05, 0) is 57.0 Å². The van der Waals surface area contributed by atoms with Gasteiger partial charge in [0.1, 0.15) is 11.6 Å². The standard InChI is InChI=1S/C31H38ClFN6O5/c1-19(6-9-29(41)42)39-10-4-5-21(39)16-28(40)37-11-13-38(14-12-37)31-35-25-18-27(44-3)26(43-2)17-22(25)30(36-31)34-24-8-7-20(32)15-23(24)33/h7-8,15,17-19,21H,4-6,9-14,16H2,1-3H3,(H,41,42)(H,34,35,36). The minimum atomic E-state index is -0.796. The number of aromatic nitrogens is 2. The number of nitrogens with one attached hydrogen (secondary N) is 1. The van der Waals surface area contributed by atoms with Gasteiger partial charge in [-0.3, -0.25) is 14.5 Å². The van der Waals surface area contributed by atoms with Crippen molar-refractivity contribution in [2.45, 2.75) is 51.1 Å². The van der Waals surface area contributed by atoms with Crippen molar-refractivity contribution in [2.24, 2.45) is 0 Å². The molecule has 2 aliphatic rings. The number of hydrogen-bond acceptors (Lipinski definition) is 9. The number of ether oxygens (including phenoxy) is 2. The molecule has 2 N–H and O–H groups in total. The van der Waals surface area contributed by atoms with Gasteiger partial charge in [-0.25, -0.2) is 9.37 Å². The van der Waals surface area contributed by atoms with Crippen LogP contribution in [0.15, 0.2) is 30.3 Å². The molecule has 13 heteroatoms. The van der Waals surface area contributed by atoms with Crippen LogP contribution in [0.5, 0.6) is 11.5 Å². The number of methoxy groups -OCH3 is 2. The highest BCUT2D eigenvalue weighted by Gasteiger charge is 2.32. The first-order valence-electron chi connectivity index (χ1n) is 14.8. The third-order valence-corrected chi connectivity index (χ3v) is 8.70. The van der Waals surface area contributed by atoms with Crippen LogP contribution in [0.1, 0.15) is 39.0 Å². The fraction of sp³-hybridized carbons (Fsp3) is 0.484. The maximum atomic E-state index is 14.7. The van der Waals surface area contributed by atoms with Gasteiger partial charge in [-0.15, -0.1) is 0 Å². The van der Waals surface area contributed by atoms with Crippen molar-refractivity contribution < 1.29 is 28.6 Å². The molecule has 2 aromatic carbocycles. The van der Waals surface area contributed by atoms with Crippen LogP contribution in [0.4, 0.5) is 21.8 Å². The molecule has 2 fully saturated rings. The van der Waals surface area contributed by atoms with E-state index in [2.05, 4.69) is 10.2 Å². The van der Waals surface area contributed by atoms with E-state index in [-0.39, 0.29) is 35.1 Å². The van der Waals surface area contributed by atoms with Crippen LogP contribution in [0.25, 0.3) is 10.9 Å². The molecule has 5 rings (SSSR count). The number of fused-ring (bicyclic) bond motifs is 1. The first-order chi connectivity index (χ1) is 21.2. The van der Waals surface area contributed by atoms with Crippen molar-refractivity contribution in [1.29, 1.82) is 0 Å². The number of nitrogens with zero attached hydrogens (tertiary/aromatic N) is 5. The Morgan fingerprint density at radius 3 is 2.50 bits per heavy atom. The largest absolute Gasteiger partial charge is 0.493 e.